The van der Waals surface area contributed by atoms with E-state index in [-0.39, 0.29) is 10.9 Å². The van der Waals surface area contributed by atoms with Crippen LogP contribution < -0.4 is 0 Å². The number of hydrogen-bond donors (Lipinski definition) is 0. The van der Waals surface area contributed by atoms with E-state index in [0.29, 0.717) is 12.1 Å². The second-order valence-corrected chi connectivity index (χ2v) is 3.87. The van der Waals surface area contributed by atoms with Crippen molar-refractivity contribution in [2.45, 2.75) is 17.7 Å². The summed E-state index contributed by atoms with van der Waals surface area (Å²) in [4.78, 5) is 0. The third-order valence-electron chi connectivity index (χ3n) is 2.08. The van der Waals surface area contributed by atoms with Crippen LogP contribution in [0.1, 0.15) is 22.3 Å². The molecule has 0 aliphatic carbocycles. The van der Waals surface area contributed by atoms with Gasteiger partial charge in [0, 0.05) is 5.33 Å². The van der Waals surface area contributed by atoms with Crippen LogP contribution >= 0.6 is 15.9 Å². The minimum atomic E-state index is -5.01. The van der Waals surface area contributed by atoms with Gasteiger partial charge in [0.1, 0.15) is 6.07 Å². The Labute approximate surface area is 106 Å². The molecule has 0 spiro atoms. The van der Waals surface area contributed by atoms with Gasteiger partial charge >= 0.3 is 12.4 Å². The molecular weight excluding hydrogens is 328 g/mol. The Morgan fingerprint density at radius 2 is 1.39 bits per heavy atom. The second kappa shape index (κ2) is 4.80. The average molecular weight is 332 g/mol. The van der Waals surface area contributed by atoms with E-state index in [4.69, 9.17) is 5.26 Å². The van der Waals surface area contributed by atoms with Crippen LogP contribution in [0.25, 0.3) is 0 Å². The topological polar surface area (TPSA) is 23.8 Å². The molecule has 98 valence electrons. The lowest BCUT2D eigenvalue weighted by molar-refractivity contribution is -0.143. The Kier molecular flexibility index (Phi) is 3.96. The van der Waals surface area contributed by atoms with E-state index in [1.807, 2.05) is 0 Å². The highest BCUT2D eigenvalue weighted by molar-refractivity contribution is 9.08. The molecule has 0 heterocycles. The van der Waals surface area contributed by atoms with Gasteiger partial charge in [-0.3, -0.25) is 0 Å². The van der Waals surface area contributed by atoms with E-state index in [9.17, 15) is 26.3 Å². The fourth-order valence-electron chi connectivity index (χ4n) is 1.35. The molecule has 1 aromatic carbocycles. The Balaban J connectivity index is 3.68. The van der Waals surface area contributed by atoms with Crippen molar-refractivity contribution in [2.24, 2.45) is 0 Å². The van der Waals surface area contributed by atoms with Crippen molar-refractivity contribution < 1.29 is 26.3 Å². The summed E-state index contributed by atoms with van der Waals surface area (Å²) >= 11 is 2.79. The van der Waals surface area contributed by atoms with Gasteiger partial charge in [-0.1, -0.05) is 15.9 Å². The molecule has 0 amide bonds. The number of rotatable bonds is 1. The smallest absolute Gasteiger partial charge is 0.192 e. The molecule has 0 unspecified atom stereocenters. The third kappa shape index (κ3) is 2.96. The molecule has 0 atom stereocenters. The third-order valence-corrected chi connectivity index (χ3v) is 2.72. The van der Waals surface area contributed by atoms with E-state index in [1.165, 1.54) is 0 Å². The predicted octanol–water partition coefficient (Wildman–Crippen LogP) is 4.49. The van der Waals surface area contributed by atoms with Crippen LogP contribution in [-0.2, 0) is 17.7 Å². The predicted molar refractivity (Wildman–Crippen MR) is 53.8 cm³/mol. The molecule has 1 aromatic rings. The average Bonchev–Trinajstić information content (AvgIpc) is 2.24. The lowest BCUT2D eigenvalue weighted by Gasteiger charge is -2.16. The maximum absolute atomic E-state index is 12.6. The van der Waals surface area contributed by atoms with Crippen LogP contribution in [-0.4, -0.2) is 0 Å². The molecule has 18 heavy (non-hydrogen) atoms. The molecule has 1 rings (SSSR count). The number of alkyl halides is 7. The summed E-state index contributed by atoms with van der Waals surface area (Å²) in [6, 6.07) is 2.03. The molecule has 0 bridgehead atoms. The first-order chi connectivity index (χ1) is 8.11. The first kappa shape index (κ1) is 14.8. The van der Waals surface area contributed by atoms with Gasteiger partial charge in [-0.25, -0.2) is 0 Å². The SMILES string of the molecule is N#Cc1c(C(F)(F)F)cc(CBr)cc1C(F)(F)F. The van der Waals surface area contributed by atoms with Crippen LogP contribution in [0.3, 0.4) is 0 Å². The highest BCUT2D eigenvalue weighted by atomic mass is 79.9. The highest BCUT2D eigenvalue weighted by Gasteiger charge is 2.41. The van der Waals surface area contributed by atoms with E-state index in [0.717, 1.165) is 6.07 Å². The summed E-state index contributed by atoms with van der Waals surface area (Å²) in [6.07, 6.45) is -10.0. The van der Waals surface area contributed by atoms with Crippen molar-refractivity contribution in [3.05, 3.63) is 34.4 Å². The van der Waals surface area contributed by atoms with Crippen LogP contribution in [0.15, 0.2) is 12.1 Å². The summed E-state index contributed by atoms with van der Waals surface area (Å²) in [5.74, 6) is 0. The zero-order chi connectivity index (χ0) is 14.1. The van der Waals surface area contributed by atoms with Gasteiger partial charge in [0.25, 0.3) is 0 Å². The molecular formula is C10H4BrF6N. The molecule has 0 radical (unpaired) electrons. The maximum Gasteiger partial charge on any atom is 0.417 e. The van der Waals surface area contributed by atoms with Gasteiger partial charge in [0.05, 0.1) is 16.7 Å². The number of halogens is 7. The van der Waals surface area contributed by atoms with Crippen molar-refractivity contribution >= 4 is 15.9 Å². The summed E-state index contributed by atoms with van der Waals surface area (Å²) < 4.78 is 75.5. The monoisotopic (exact) mass is 331 g/mol. The van der Waals surface area contributed by atoms with Gasteiger partial charge in [0.2, 0.25) is 0 Å². The fraction of sp³-hybridized carbons (Fsp3) is 0.300. The first-order valence-electron chi connectivity index (χ1n) is 4.38. The Hall–Kier alpha value is -1.23. The van der Waals surface area contributed by atoms with Crippen molar-refractivity contribution in [3.8, 4) is 6.07 Å². The van der Waals surface area contributed by atoms with E-state index in [2.05, 4.69) is 15.9 Å². The van der Waals surface area contributed by atoms with Crippen LogP contribution in [0.4, 0.5) is 26.3 Å². The van der Waals surface area contributed by atoms with Crippen molar-refractivity contribution in [2.75, 3.05) is 0 Å². The minimum absolute atomic E-state index is 0.176. The number of nitrogens with zero attached hydrogens (tertiary/aromatic N) is 1. The zero-order valence-electron chi connectivity index (χ0n) is 8.45. The Morgan fingerprint density at radius 1 is 1.00 bits per heavy atom. The summed E-state index contributed by atoms with van der Waals surface area (Å²) in [5, 5.41) is 8.35. The van der Waals surface area contributed by atoms with Crippen molar-refractivity contribution in [3.63, 3.8) is 0 Å². The normalized spacial score (nSPS) is 12.3. The molecule has 1 nitrogen and oxygen atoms in total. The first-order valence-corrected chi connectivity index (χ1v) is 5.50. The molecule has 0 saturated carbocycles. The Bertz CT molecular complexity index is 462. The quantitative estimate of drug-likeness (QED) is 0.549. The standard InChI is InChI=1S/C10H4BrF6N/c11-3-5-1-7(9(12,13)14)6(4-18)8(2-5)10(15,16)17/h1-2H,3H2. The fourth-order valence-corrected chi connectivity index (χ4v) is 1.67. The molecule has 0 aromatic heterocycles. The maximum atomic E-state index is 12.6. The van der Waals surface area contributed by atoms with Crippen LogP contribution in [0, 0.1) is 11.3 Å². The molecule has 0 aliphatic heterocycles. The van der Waals surface area contributed by atoms with Crippen LogP contribution in [0.5, 0.6) is 0 Å². The van der Waals surface area contributed by atoms with Gasteiger partial charge in [0.15, 0.2) is 0 Å². The van der Waals surface area contributed by atoms with E-state index < -0.39 is 29.0 Å². The molecule has 0 saturated heterocycles. The summed E-state index contributed by atoms with van der Waals surface area (Å²) in [6.45, 7) is 0. The number of benzene rings is 1. The van der Waals surface area contributed by atoms with Gasteiger partial charge in [-0.2, -0.15) is 31.6 Å². The van der Waals surface area contributed by atoms with Gasteiger partial charge in [-0.15, -0.1) is 0 Å². The van der Waals surface area contributed by atoms with E-state index >= 15 is 0 Å². The van der Waals surface area contributed by atoms with Gasteiger partial charge < -0.3 is 0 Å². The summed E-state index contributed by atoms with van der Waals surface area (Å²) in [7, 11) is 0. The molecule has 0 N–H and O–H groups in total. The highest BCUT2D eigenvalue weighted by Crippen LogP contribution is 2.40. The minimum Gasteiger partial charge on any atom is -0.192 e. The second-order valence-electron chi connectivity index (χ2n) is 3.31. The van der Waals surface area contributed by atoms with Crippen molar-refractivity contribution in [1.82, 2.24) is 0 Å². The largest absolute Gasteiger partial charge is 0.417 e. The molecule has 0 fully saturated rings. The summed E-state index contributed by atoms with van der Waals surface area (Å²) in [5.41, 5.74) is -4.75. The lowest BCUT2D eigenvalue weighted by Crippen LogP contribution is -2.15. The number of nitriles is 1. The lowest BCUT2D eigenvalue weighted by atomic mass is 9.98. The molecule has 8 heteroatoms. The Morgan fingerprint density at radius 3 is 1.61 bits per heavy atom. The molecule has 0 aliphatic rings. The number of hydrogen-bond acceptors (Lipinski definition) is 1. The van der Waals surface area contributed by atoms with Crippen molar-refractivity contribution in [1.29, 1.82) is 5.26 Å². The zero-order valence-corrected chi connectivity index (χ0v) is 10.0. The van der Waals surface area contributed by atoms with Crippen LogP contribution in [0.2, 0.25) is 0 Å². The van der Waals surface area contributed by atoms with Gasteiger partial charge in [-0.05, 0) is 17.7 Å². The van der Waals surface area contributed by atoms with E-state index in [1.54, 1.807) is 0 Å².